The van der Waals surface area contributed by atoms with Crippen molar-refractivity contribution in [2.24, 2.45) is 12.5 Å². The second-order valence-electron chi connectivity index (χ2n) is 7.54. The molecular formula is C18H26N6O. The number of aromatic nitrogens is 5. The predicted molar refractivity (Wildman–Crippen MR) is 93.1 cm³/mol. The van der Waals surface area contributed by atoms with Gasteiger partial charge < -0.3 is 9.47 Å². The van der Waals surface area contributed by atoms with E-state index in [1.165, 1.54) is 32.1 Å². The average molecular weight is 342 g/mol. The highest BCUT2D eigenvalue weighted by Crippen LogP contribution is 2.51. The molecule has 1 amide bonds. The van der Waals surface area contributed by atoms with Gasteiger partial charge in [-0.1, -0.05) is 19.3 Å². The summed E-state index contributed by atoms with van der Waals surface area (Å²) in [7, 11) is 1.84. The molecule has 1 unspecified atom stereocenters. The Balaban J connectivity index is 1.66. The summed E-state index contributed by atoms with van der Waals surface area (Å²) in [5.74, 6) is 1.41. The largest absolute Gasteiger partial charge is 0.337 e. The van der Waals surface area contributed by atoms with Crippen LogP contribution < -0.4 is 0 Å². The van der Waals surface area contributed by atoms with Crippen molar-refractivity contribution in [1.82, 2.24) is 29.4 Å². The SMILES string of the molecule is CCn1cnnc1C1CN(C(=O)c2cnn(C)c2)CC12CCCCC2. The van der Waals surface area contributed by atoms with Crippen molar-refractivity contribution in [3.63, 3.8) is 0 Å². The molecule has 2 aromatic rings. The minimum Gasteiger partial charge on any atom is -0.337 e. The van der Waals surface area contributed by atoms with Crippen LogP contribution in [0.25, 0.3) is 0 Å². The van der Waals surface area contributed by atoms with Gasteiger partial charge in [0.25, 0.3) is 5.91 Å². The predicted octanol–water partition coefficient (Wildman–Crippen LogP) is 2.22. The van der Waals surface area contributed by atoms with Crippen LogP contribution in [0.2, 0.25) is 0 Å². The lowest BCUT2D eigenvalue weighted by Crippen LogP contribution is -2.34. The summed E-state index contributed by atoms with van der Waals surface area (Å²) in [5.41, 5.74) is 0.821. The highest BCUT2D eigenvalue weighted by Gasteiger charge is 2.50. The number of carbonyl (C=O) groups excluding carboxylic acids is 1. The Hall–Kier alpha value is -2.18. The molecule has 2 aliphatic rings. The molecule has 0 bridgehead atoms. The fourth-order valence-corrected chi connectivity index (χ4v) is 4.73. The molecule has 7 nitrogen and oxygen atoms in total. The Morgan fingerprint density at radius 2 is 2.12 bits per heavy atom. The highest BCUT2D eigenvalue weighted by atomic mass is 16.2. The molecule has 0 radical (unpaired) electrons. The number of aryl methyl sites for hydroxylation is 2. The maximum atomic E-state index is 13.0. The molecule has 3 heterocycles. The summed E-state index contributed by atoms with van der Waals surface area (Å²) in [4.78, 5) is 15.0. The van der Waals surface area contributed by atoms with Gasteiger partial charge in [0, 0.05) is 38.8 Å². The topological polar surface area (TPSA) is 68.8 Å². The molecule has 1 saturated carbocycles. The minimum absolute atomic E-state index is 0.0862. The molecule has 2 fully saturated rings. The number of hydrogen-bond acceptors (Lipinski definition) is 4. The van der Waals surface area contributed by atoms with E-state index in [4.69, 9.17) is 0 Å². The second kappa shape index (κ2) is 6.28. The first kappa shape index (κ1) is 16.3. The van der Waals surface area contributed by atoms with E-state index in [1.807, 2.05) is 18.3 Å². The molecule has 25 heavy (non-hydrogen) atoms. The van der Waals surface area contributed by atoms with Crippen LogP contribution in [0.3, 0.4) is 0 Å². The van der Waals surface area contributed by atoms with Gasteiger partial charge >= 0.3 is 0 Å². The van der Waals surface area contributed by atoms with Crippen LogP contribution in [0.5, 0.6) is 0 Å². The van der Waals surface area contributed by atoms with Crippen molar-refractivity contribution in [2.45, 2.75) is 51.5 Å². The second-order valence-corrected chi connectivity index (χ2v) is 7.54. The summed E-state index contributed by atoms with van der Waals surface area (Å²) in [6, 6.07) is 0. The van der Waals surface area contributed by atoms with E-state index in [0.717, 1.165) is 25.5 Å². The Morgan fingerprint density at radius 3 is 2.80 bits per heavy atom. The minimum atomic E-state index is 0.0862. The van der Waals surface area contributed by atoms with Crippen LogP contribution in [-0.2, 0) is 13.6 Å². The van der Waals surface area contributed by atoms with Crippen molar-refractivity contribution in [1.29, 1.82) is 0 Å². The smallest absolute Gasteiger partial charge is 0.257 e. The van der Waals surface area contributed by atoms with E-state index in [9.17, 15) is 4.79 Å². The molecule has 1 saturated heterocycles. The molecule has 7 heteroatoms. The van der Waals surface area contributed by atoms with Gasteiger partial charge in [-0.3, -0.25) is 9.48 Å². The lowest BCUT2D eigenvalue weighted by molar-refractivity contribution is 0.0758. The molecule has 1 aliphatic heterocycles. The molecular weight excluding hydrogens is 316 g/mol. The monoisotopic (exact) mass is 342 g/mol. The van der Waals surface area contributed by atoms with Gasteiger partial charge in [0.05, 0.1) is 11.8 Å². The fraction of sp³-hybridized carbons (Fsp3) is 0.667. The van der Waals surface area contributed by atoms with Gasteiger partial charge in [-0.25, -0.2) is 0 Å². The summed E-state index contributed by atoms with van der Waals surface area (Å²) >= 11 is 0. The number of amides is 1. The summed E-state index contributed by atoms with van der Waals surface area (Å²) in [6.07, 6.45) is 11.4. The van der Waals surface area contributed by atoms with E-state index >= 15 is 0 Å². The maximum absolute atomic E-state index is 13.0. The number of likely N-dealkylation sites (tertiary alicyclic amines) is 1. The van der Waals surface area contributed by atoms with Gasteiger partial charge in [-0.15, -0.1) is 10.2 Å². The van der Waals surface area contributed by atoms with Crippen LogP contribution in [0, 0.1) is 5.41 Å². The van der Waals surface area contributed by atoms with Gasteiger partial charge in [-0.2, -0.15) is 5.10 Å². The molecule has 0 N–H and O–H groups in total. The molecule has 2 aromatic heterocycles. The standard InChI is InChI=1S/C18H26N6O/c1-3-23-13-19-21-16(23)15-11-24(12-18(15)7-5-4-6-8-18)17(25)14-9-20-22(2)10-14/h9-10,13,15H,3-8,11-12H2,1-2H3. The molecule has 1 aliphatic carbocycles. The number of hydrogen-bond donors (Lipinski definition) is 0. The zero-order valence-corrected chi connectivity index (χ0v) is 15.1. The van der Waals surface area contributed by atoms with Crippen molar-refractivity contribution in [2.75, 3.05) is 13.1 Å². The Bertz CT molecular complexity index is 757. The molecule has 4 rings (SSSR count). The zero-order chi connectivity index (χ0) is 17.4. The Labute approximate surface area is 148 Å². The quantitative estimate of drug-likeness (QED) is 0.858. The maximum Gasteiger partial charge on any atom is 0.257 e. The van der Waals surface area contributed by atoms with Crippen LogP contribution >= 0.6 is 0 Å². The summed E-state index contributed by atoms with van der Waals surface area (Å²) < 4.78 is 3.82. The van der Waals surface area contributed by atoms with E-state index < -0.39 is 0 Å². The van der Waals surface area contributed by atoms with Crippen molar-refractivity contribution >= 4 is 5.91 Å². The Kier molecular flexibility index (Phi) is 4.09. The molecule has 1 atom stereocenters. The van der Waals surface area contributed by atoms with Crippen LogP contribution in [0.1, 0.15) is 61.1 Å². The van der Waals surface area contributed by atoms with Crippen molar-refractivity contribution < 1.29 is 4.79 Å². The first-order valence-electron chi connectivity index (χ1n) is 9.28. The summed E-state index contributed by atoms with van der Waals surface area (Å²) in [6.45, 7) is 4.54. The normalized spacial score (nSPS) is 22.6. The molecule has 0 aromatic carbocycles. The van der Waals surface area contributed by atoms with E-state index in [1.54, 1.807) is 17.1 Å². The first-order valence-corrected chi connectivity index (χ1v) is 9.28. The van der Waals surface area contributed by atoms with Crippen LogP contribution in [0.15, 0.2) is 18.7 Å². The van der Waals surface area contributed by atoms with E-state index in [2.05, 4.69) is 26.8 Å². The molecule has 134 valence electrons. The number of carbonyl (C=O) groups is 1. The fourth-order valence-electron chi connectivity index (χ4n) is 4.73. The third-order valence-corrected chi connectivity index (χ3v) is 6.03. The highest BCUT2D eigenvalue weighted by molar-refractivity contribution is 5.94. The van der Waals surface area contributed by atoms with Gasteiger partial charge in [0.1, 0.15) is 12.2 Å². The zero-order valence-electron chi connectivity index (χ0n) is 15.1. The Morgan fingerprint density at radius 1 is 1.32 bits per heavy atom. The van der Waals surface area contributed by atoms with Crippen LogP contribution in [0.4, 0.5) is 0 Å². The first-order chi connectivity index (χ1) is 12.1. The van der Waals surface area contributed by atoms with Gasteiger partial charge in [-0.05, 0) is 25.2 Å². The van der Waals surface area contributed by atoms with Crippen molar-refractivity contribution in [3.8, 4) is 0 Å². The third-order valence-electron chi connectivity index (χ3n) is 6.03. The van der Waals surface area contributed by atoms with Crippen molar-refractivity contribution in [3.05, 3.63) is 30.1 Å². The van der Waals surface area contributed by atoms with E-state index in [-0.39, 0.29) is 17.2 Å². The van der Waals surface area contributed by atoms with Gasteiger partial charge in [0.2, 0.25) is 0 Å². The summed E-state index contributed by atoms with van der Waals surface area (Å²) in [5, 5.41) is 12.7. The van der Waals surface area contributed by atoms with Gasteiger partial charge in [0.15, 0.2) is 0 Å². The lowest BCUT2D eigenvalue weighted by Gasteiger charge is -2.37. The number of rotatable bonds is 3. The molecule has 1 spiro atoms. The number of nitrogens with zero attached hydrogens (tertiary/aromatic N) is 6. The van der Waals surface area contributed by atoms with E-state index in [0.29, 0.717) is 5.56 Å². The third kappa shape index (κ3) is 2.75. The lowest BCUT2D eigenvalue weighted by atomic mass is 9.67. The average Bonchev–Trinajstić information content (AvgIpc) is 3.33. The van der Waals surface area contributed by atoms with Crippen LogP contribution in [-0.4, -0.2) is 48.4 Å².